The zero-order chi connectivity index (χ0) is 28.8. The third-order valence-corrected chi connectivity index (χ3v) is 10.0. The molecule has 208 valence electrons. The lowest BCUT2D eigenvalue weighted by molar-refractivity contribution is -0.139. The van der Waals surface area contributed by atoms with E-state index >= 15 is 0 Å². The molecule has 0 unspecified atom stereocenters. The van der Waals surface area contributed by atoms with E-state index < -0.39 is 101 Å². The van der Waals surface area contributed by atoms with Gasteiger partial charge in [-0.1, -0.05) is 18.2 Å². The fourth-order valence-electron chi connectivity index (χ4n) is 4.45. The van der Waals surface area contributed by atoms with Crippen LogP contribution >= 0.6 is 15.2 Å². The molecular weight excluding hydrogens is 538 g/mol. The summed E-state index contributed by atoms with van der Waals surface area (Å²) in [5.41, 5.74) is -0.316. The summed E-state index contributed by atoms with van der Waals surface area (Å²) < 4.78 is 25.3. The topological polar surface area (TPSA) is 264 Å². The maximum absolute atomic E-state index is 12.7. The van der Waals surface area contributed by atoms with Crippen molar-refractivity contribution >= 4 is 39.1 Å². The largest absolute Gasteiger partial charge is 0.481 e. The molecule has 0 atom stereocenters. The average Bonchev–Trinajstić information content (AvgIpc) is 2.72. The minimum atomic E-state index is -5.24. The van der Waals surface area contributed by atoms with Gasteiger partial charge in [0, 0.05) is 25.7 Å². The second-order valence-corrected chi connectivity index (χ2v) is 12.6. The van der Waals surface area contributed by atoms with E-state index in [1.165, 1.54) is 6.92 Å². The Labute approximate surface area is 211 Å². The van der Waals surface area contributed by atoms with Crippen molar-refractivity contribution in [2.75, 3.05) is 0 Å². The predicted molar refractivity (Wildman–Crippen MR) is 126 cm³/mol. The Morgan fingerprint density at radius 3 is 1.24 bits per heavy atom. The van der Waals surface area contributed by atoms with Gasteiger partial charge in [0.05, 0.1) is 10.3 Å². The molecule has 0 aliphatic heterocycles. The summed E-state index contributed by atoms with van der Waals surface area (Å²) in [4.78, 5) is 85.8. The number of benzene rings is 1. The number of hydrogen-bond donors (Lipinski definition) is 8. The molecule has 16 heteroatoms. The van der Waals surface area contributed by atoms with Gasteiger partial charge >= 0.3 is 39.1 Å². The number of aryl methyl sites for hydroxylation is 1. The van der Waals surface area contributed by atoms with Crippen LogP contribution in [0.2, 0.25) is 0 Å². The van der Waals surface area contributed by atoms with E-state index in [4.69, 9.17) is 20.4 Å². The number of carbonyl (C=O) groups is 4. The Bertz CT molecular complexity index is 1100. The zero-order valence-electron chi connectivity index (χ0n) is 19.8. The van der Waals surface area contributed by atoms with Crippen molar-refractivity contribution in [2.24, 2.45) is 0 Å². The second-order valence-electron chi connectivity index (χ2n) is 8.76. The van der Waals surface area contributed by atoms with Crippen molar-refractivity contribution in [3.63, 3.8) is 0 Å². The fraction of sp³-hybridized carbons (Fsp3) is 0.524. The van der Waals surface area contributed by atoms with Crippen LogP contribution in [0.1, 0.15) is 68.1 Å². The standard InChI is InChI=1S/C21H30O14P2/c1-13-12-14(20(36(30,31)32,8-4-16(22)23)9-5-17(24)25)2-3-15(13)21(37(33,34)35,10-6-18(26)27)11-7-19(28)29/h2-3,12H,4-11H2,1H3,(H,22,23)(H,24,25)(H,26,27)(H,28,29)(H2,30,31,32)(H2,33,34,35). The van der Waals surface area contributed by atoms with Crippen LogP contribution in [0, 0.1) is 6.92 Å². The van der Waals surface area contributed by atoms with Gasteiger partial charge in [0.15, 0.2) is 0 Å². The van der Waals surface area contributed by atoms with Gasteiger partial charge in [0.1, 0.15) is 0 Å². The third-order valence-electron chi connectivity index (χ3n) is 6.39. The first-order valence-electron chi connectivity index (χ1n) is 10.9. The lowest BCUT2D eigenvalue weighted by Crippen LogP contribution is -2.31. The number of aliphatic carboxylic acids is 4. The van der Waals surface area contributed by atoms with Crippen LogP contribution in [0.15, 0.2) is 18.2 Å². The molecule has 14 nitrogen and oxygen atoms in total. The van der Waals surface area contributed by atoms with Crippen molar-refractivity contribution in [1.82, 2.24) is 0 Å². The Morgan fingerprint density at radius 1 is 0.649 bits per heavy atom. The highest BCUT2D eigenvalue weighted by atomic mass is 31.2. The number of hydrogen-bond acceptors (Lipinski definition) is 6. The minimum Gasteiger partial charge on any atom is -0.481 e. The van der Waals surface area contributed by atoms with E-state index in [-0.39, 0.29) is 16.7 Å². The van der Waals surface area contributed by atoms with Gasteiger partial charge in [-0.2, -0.15) is 0 Å². The molecule has 0 amide bonds. The van der Waals surface area contributed by atoms with E-state index in [0.717, 1.165) is 18.2 Å². The molecule has 0 spiro atoms. The van der Waals surface area contributed by atoms with Crippen molar-refractivity contribution in [3.8, 4) is 0 Å². The van der Waals surface area contributed by atoms with Crippen LogP contribution in [-0.4, -0.2) is 63.9 Å². The van der Waals surface area contributed by atoms with E-state index in [2.05, 4.69) is 0 Å². The van der Waals surface area contributed by atoms with E-state index in [9.17, 15) is 47.9 Å². The molecule has 0 radical (unpaired) electrons. The number of carboxylic acids is 4. The van der Waals surface area contributed by atoms with Crippen molar-refractivity contribution in [1.29, 1.82) is 0 Å². The highest BCUT2D eigenvalue weighted by Crippen LogP contribution is 2.65. The van der Waals surface area contributed by atoms with Crippen molar-refractivity contribution in [3.05, 3.63) is 34.9 Å². The van der Waals surface area contributed by atoms with Gasteiger partial charge in [0.25, 0.3) is 0 Å². The van der Waals surface area contributed by atoms with Crippen LogP contribution < -0.4 is 0 Å². The molecule has 8 N–H and O–H groups in total. The predicted octanol–water partition coefficient (Wildman–Crippen LogP) is 2.20. The molecule has 0 aliphatic rings. The lowest BCUT2D eigenvalue weighted by atomic mass is 9.82. The molecular formula is C21H30O14P2. The zero-order valence-corrected chi connectivity index (χ0v) is 21.6. The Morgan fingerprint density at radius 2 is 0.973 bits per heavy atom. The monoisotopic (exact) mass is 568 g/mol. The van der Waals surface area contributed by atoms with Crippen LogP contribution in [0.3, 0.4) is 0 Å². The summed E-state index contributed by atoms with van der Waals surface area (Å²) in [6.07, 6.45) is -5.51. The second kappa shape index (κ2) is 12.3. The minimum absolute atomic E-state index is 0.0140. The van der Waals surface area contributed by atoms with Crippen LogP contribution in [-0.2, 0) is 38.6 Å². The first-order valence-corrected chi connectivity index (χ1v) is 14.1. The number of carboxylic acid groups (broad SMARTS) is 4. The summed E-state index contributed by atoms with van der Waals surface area (Å²) in [6.45, 7) is 1.31. The normalized spacial score (nSPS) is 12.8. The summed E-state index contributed by atoms with van der Waals surface area (Å²) in [5, 5.41) is 32.0. The smallest absolute Gasteiger partial charge is 0.336 e. The van der Waals surface area contributed by atoms with Crippen molar-refractivity contribution < 1.29 is 68.3 Å². The quantitative estimate of drug-likeness (QED) is 0.133. The number of rotatable bonds is 16. The molecule has 1 aromatic carbocycles. The van der Waals surface area contributed by atoms with Gasteiger partial charge in [-0.05, 0) is 49.3 Å². The fourth-order valence-corrected chi connectivity index (χ4v) is 7.10. The lowest BCUT2D eigenvalue weighted by Gasteiger charge is -2.38. The Hall–Kier alpha value is -2.60. The van der Waals surface area contributed by atoms with Gasteiger partial charge in [-0.3, -0.25) is 28.3 Å². The molecule has 1 rings (SSSR count). The summed E-state index contributed by atoms with van der Waals surface area (Å²) >= 11 is 0. The molecule has 1 aromatic rings. The van der Waals surface area contributed by atoms with Gasteiger partial charge in [-0.25, -0.2) is 0 Å². The molecule has 0 fully saturated rings. The average molecular weight is 568 g/mol. The van der Waals surface area contributed by atoms with E-state index in [1.54, 1.807) is 0 Å². The first-order chi connectivity index (χ1) is 16.8. The molecule has 0 saturated heterocycles. The molecule has 0 aliphatic carbocycles. The SMILES string of the molecule is Cc1cc(C(CCC(=O)O)(CCC(=O)O)P(=O)(O)O)ccc1C(CCC(=O)O)(CCC(=O)O)P(=O)(O)O. The first kappa shape index (κ1) is 32.4. The molecule has 0 aromatic heterocycles. The summed E-state index contributed by atoms with van der Waals surface area (Å²) in [6, 6.07) is 3.28. The van der Waals surface area contributed by atoms with Gasteiger partial charge in [0.2, 0.25) is 0 Å². The van der Waals surface area contributed by atoms with Crippen molar-refractivity contribution in [2.45, 2.75) is 68.6 Å². The maximum atomic E-state index is 12.7. The summed E-state index contributed by atoms with van der Waals surface area (Å²) in [7, 11) is -10.5. The third kappa shape index (κ3) is 7.94. The molecule has 0 heterocycles. The van der Waals surface area contributed by atoms with Gasteiger partial charge in [-0.15, -0.1) is 0 Å². The van der Waals surface area contributed by atoms with E-state index in [1.807, 2.05) is 0 Å². The maximum Gasteiger partial charge on any atom is 0.336 e. The van der Waals surface area contributed by atoms with Crippen LogP contribution in [0.5, 0.6) is 0 Å². The van der Waals surface area contributed by atoms with Gasteiger partial charge < -0.3 is 40.0 Å². The Balaban J connectivity index is 3.89. The highest BCUT2D eigenvalue weighted by molar-refractivity contribution is 7.53. The van der Waals surface area contributed by atoms with Crippen LogP contribution in [0.25, 0.3) is 0 Å². The molecule has 0 bridgehead atoms. The molecule has 0 saturated carbocycles. The highest BCUT2D eigenvalue weighted by Gasteiger charge is 2.51. The Kier molecular flexibility index (Phi) is 10.8. The molecule has 37 heavy (non-hydrogen) atoms. The summed E-state index contributed by atoms with van der Waals surface area (Å²) in [5.74, 6) is -5.59. The van der Waals surface area contributed by atoms with Crippen LogP contribution in [0.4, 0.5) is 0 Å². The van der Waals surface area contributed by atoms with E-state index in [0.29, 0.717) is 0 Å².